The summed E-state index contributed by atoms with van der Waals surface area (Å²) >= 11 is 5.86. The number of hydrogen-bond donors (Lipinski definition) is 1. The molecule has 1 aromatic carbocycles. The molecule has 0 saturated carbocycles. The Bertz CT molecular complexity index is 598. The van der Waals surface area contributed by atoms with E-state index in [0.29, 0.717) is 10.6 Å². The van der Waals surface area contributed by atoms with Crippen LogP contribution in [0.2, 0.25) is 5.02 Å². The van der Waals surface area contributed by atoms with E-state index in [9.17, 15) is 0 Å². The van der Waals surface area contributed by atoms with Crippen molar-refractivity contribution in [2.45, 2.75) is 19.9 Å². The molecule has 4 heteroatoms. The summed E-state index contributed by atoms with van der Waals surface area (Å²) in [7, 11) is 0. The average molecular weight is 261 g/mol. The van der Waals surface area contributed by atoms with Gasteiger partial charge in [-0.05, 0) is 44.2 Å². The molecule has 1 aromatic heterocycles. The van der Waals surface area contributed by atoms with Crippen molar-refractivity contribution in [1.82, 2.24) is 0 Å². The van der Waals surface area contributed by atoms with Crippen LogP contribution in [0.15, 0.2) is 34.7 Å². The molecule has 0 aliphatic carbocycles. The van der Waals surface area contributed by atoms with Crippen LogP contribution in [-0.2, 0) is 0 Å². The Morgan fingerprint density at radius 1 is 1.33 bits per heavy atom. The van der Waals surface area contributed by atoms with Crippen LogP contribution >= 0.6 is 11.6 Å². The fourth-order valence-corrected chi connectivity index (χ4v) is 1.90. The van der Waals surface area contributed by atoms with Gasteiger partial charge in [0.25, 0.3) is 0 Å². The molecular formula is C14H13ClN2O. The Labute approximate surface area is 111 Å². The number of furan rings is 1. The Morgan fingerprint density at radius 3 is 2.72 bits per heavy atom. The minimum atomic E-state index is -0.00743. The van der Waals surface area contributed by atoms with Crippen LogP contribution in [0.5, 0.6) is 0 Å². The highest BCUT2D eigenvalue weighted by Crippen LogP contribution is 2.25. The van der Waals surface area contributed by atoms with Gasteiger partial charge in [0.15, 0.2) is 0 Å². The molecule has 0 radical (unpaired) electrons. The lowest BCUT2D eigenvalue weighted by atomic mass is 10.1. The summed E-state index contributed by atoms with van der Waals surface area (Å²) in [6.07, 6.45) is 0. The van der Waals surface area contributed by atoms with Gasteiger partial charge in [0.05, 0.1) is 17.3 Å². The normalized spacial score (nSPS) is 11.9. The molecule has 1 N–H and O–H groups in total. The number of hydrogen-bond acceptors (Lipinski definition) is 3. The first-order chi connectivity index (χ1) is 8.60. The summed E-state index contributed by atoms with van der Waals surface area (Å²) in [5.74, 6) is 1.71. The summed E-state index contributed by atoms with van der Waals surface area (Å²) < 4.78 is 5.54. The van der Waals surface area contributed by atoms with Crippen molar-refractivity contribution >= 4 is 17.3 Å². The quantitative estimate of drug-likeness (QED) is 0.896. The van der Waals surface area contributed by atoms with Crippen molar-refractivity contribution in [2.75, 3.05) is 5.32 Å². The molecule has 1 heterocycles. The molecular weight excluding hydrogens is 248 g/mol. The summed E-state index contributed by atoms with van der Waals surface area (Å²) in [4.78, 5) is 0. The third kappa shape index (κ3) is 2.66. The maximum absolute atomic E-state index is 9.06. The van der Waals surface area contributed by atoms with Gasteiger partial charge in [0.1, 0.15) is 17.6 Å². The predicted molar refractivity (Wildman–Crippen MR) is 71.6 cm³/mol. The van der Waals surface area contributed by atoms with Crippen LogP contribution < -0.4 is 5.32 Å². The number of nitrogens with zero attached hydrogens (tertiary/aromatic N) is 1. The fraction of sp³-hybridized carbons (Fsp3) is 0.214. The van der Waals surface area contributed by atoms with E-state index in [2.05, 4.69) is 11.4 Å². The predicted octanol–water partition coefficient (Wildman–Crippen LogP) is 4.29. The number of benzene rings is 1. The first-order valence-corrected chi connectivity index (χ1v) is 6.00. The van der Waals surface area contributed by atoms with Crippen LogP contribution in [-0.4, -0.2) is 0 Å². The smallest absolute Gasteiger partial charge is 0.126 e. The van der Waals surface area contributed by atoms with Gasteiger partial charge in [-0.25, -0.2) is 0 Å². The van der Waals surface area contributed by atoms with Gasteiger partial charge in [0, 0.05) is 5.02 Å². The maximum Gasteiger partial charge on any atom is 0.126 e. The lowest BCUT2D eigenvalue weighted by molar-refractivity contribution is 0.467. The van der Waals surface area contributed by atoms with Gasteiger partial charge < -0.3 is 9.73 Å². The van der Waals surface area contributed by atoms with E-state index in [0.717, 1.165) is 17.2 Å². The minimum absolute atomic E-state index is 0.00743. The third-order valence-electron chi connectivity index (χ3n) is 2.66. The molecule has 18 heavy (non-hydrogen) atoms. The van der Waals surface area contributed by atoms with Gasteiger partial charge in [-0.3, -0.25) is 0 Å². The van der Waals surface area contributed by atoms with Gasteiger partial charge >= 0.3 is 0 Å². The van der Waals surface area contributed by atoms with E-state index in [1.54, 1.807) is 18.2 Å². The van der Waals surface area contributed by atoms with Gasteiger partial charge in [-0.15, -0.1) is 0 Å². The number of nitrogens with one attached hydrogen (secondary N) is 1. The van der Waals surface area contributed by atoms with Crippen molar-refractivity contribution < 1.29 is 4.42 Å². The van der Waals surface area contributed by atoms with Crippen molar-refractivity contribution in [2.24, 2.45) is 0 Å². The van der Waals surface area contributed by atoms with Crippen LogP contribution in [0.25, 0.3) is 0 Å². The second-order valence-corrected chi connectivity index (χ2v) is 4.55. The molecule has 0 aliphatic heterocycles. The van der Waals surface area contributed by atoms with Crippen molar-refractivity contribution in [3.05, 3.63) is 52.4 Å². The van der Waals surface area contributed by atoms with Crippen molar-refractivity contribution in [3.8, 4) is 6.07 Å². The van der Waals surface area contributed by atoms with E-state index in [-0.39, 0.29) is 6.04 Å². The first kappa shape index (κ1) is 12.5. The minimum Gasteiger partial charge on any atom is -0.464 e. The molecule has 0 fully saturated rings. The lowest BCUT2D eigenvalue weighted by Gasteiger charge is -2.14. The zero-order valence-corrected chi connectivity index (χ0v) is 11.0. The highest BCUT2D eigenvalue weighted by Gasteiger charge is 2.11. The Kier molecular flexibility index (Phi) is 3.59. The summed E-state index contributed by atoms with van der Waals surface area (Å²) in [6, 6.07) is 11.2. The molecule has 0 bridgehead atoms. The highest BCUT2D eigenvalue weighted by molar-refractivity contribution is 6.30. The fourth-order valence-electron chi connectivity index (χ4n) is 1.73. The maximum atomic E-state index is 9.06. The molecule has 0 amide bonds. The van der Waals surface area contributed by atoms with Gasteiger partial charge in [-0.1, -0.05) is 11.6 Å². The van der Waals surface area contributed by atoms with Crippen molar-refractivity contribution in [3.63, 3.8) is 0 Å². The molecule has 92 valence electrons. The second kappa shape index (κ2) is 5.16. The molecule has 1 atom stereocenters. The van der Waals surface area contributed by atoms with Crippen LogP contribution in [0.1, 0.15) is 30.0 Å². The van der Waals surface area contributed by atoms with Crippen molar-refractivity contribution in [1.29, 1.82) is 5.26 Å². The zero-order chi connectivity index (χ0) is 13.1. The average Bonchev–Trinajstić information content (AvgIpc) is 2.78. The largest absolute Gasteiger partial charge is 0.464 e. The third-order valence-corrected chi connectivity index (χ3v) is 2.90. The van der Waals surface area contributed by atoms with Crippen LogP contribution in [0, 0.1) is 18.3 Å². The van der Waals surface area contributed by atoms with E-state index < -0.39 is 0 Å². The van der Waals surface area contributed by atoms with E-state index in [1.807, 2.05) is 26.0 Å². The first-order valence-electron chi connectivity index (χ1n) is 5.62. The van der Waals surface area contributed by atoms with Crippen LogP contribution in [0.3, 0.4) is 0 Å². The van der Waals surface area contributed by atoms with E-state index in [4.69, 9.17) is 21.3 Å². The Hall–Kier alpha value is -1.92. The molecule has 1 unspecified atom stereocenters. The van der Waals surface area contributed by atoms with E-state index in [1.165, 1.54) is 0 Å². The zero-order valence-electron chi connectivity index (χ0n) is 10.2. The molecule has 0 saturated heterocycles. The molecule has 0 aliphatic rings. The number of halogens is 1. The topological polar surface area (TPSA) is 49.0 Å². The number of nitriles is 1. The molecule has 0 spiro atoms. The molecule has 3 nitrogen and oxygen atoms in total. The number of aryl methyl sites for hydroxylation is 1. The van der Waals surface area contributed by atoms with Gasteiger partial charge in [0.2, 0.25) is 0 Å². The second-order valence-electron chi connectivity index (χ2n) is 4.12. The lowest BCUT2D eigenvalue weighted by Crippen LogP contribution is -2.06. The summed E-state index contributed by atoms with van der Waals surface area (Å²) in [5.41, 5.74) is 1.28. The summed E-state index contributed by atoms with van der Waals surface area (Å²) in [5, 5.41) is 12.9. The number of anilines is 1. The Balaban J connectivity index is 2.22. The Morgan fingerprint density at radius 2 is 2.11 bits per heavy atom. The molecule has 2 aromatic rings. The summed E-state index contributed by atoms with van der Waals surface area (Å²) in [6.45, 7) is 3.88. The van der Waals surface area contributed by atoms with Gasteiger partial charge in [-0.2, -0.15) is 5.26 Å². The highest BCUT2D eigenvalue weighted by atomic mass is 35.5. The SMILES string of the molecule is Cc1ccc(C(C)Nc2ccc(Cl)cc2C#N)o1. The van der Waals surface area contributed by atoms with Crippen LogP contribution in [0.4, 0.5) is 5.69 Å². The number of rotatable bonds is 3. The monoisotopic (exact) mass is 260 g/mol. The van der Waals surface area contributed by atoms with E-state index >= 15 is 0 Å². The standard InChI is InChI=1S/C14H13ClN2O/c1-9-3-6-14(18-9)10(2)17-13-5-4-12(15)7-11(13)8-16/h3-7,10,17H,1-2H3. The molecule has 2 rings (SSSR count).